The summed E-state index contributed by atoms with van der Waals surface area (Å²) in [4.78, 5) is 21.3. The molecular weight excluding hydrogens is 302 g/mol. The van der Waals surface area contributed by atoms with E-state index in [9.17, 15) is 10.1 Å². The van der Waals surface area contributed by atoms with Gasteiger partial charge in [-0.1, -0.05) is 11.6 Å². The molecule has 0 aliphatic carbocycles. The Bertz CT molecular complexity index is 633. The third-order valence-electron chi connectivity index (χ3n) is 2.61. The highest BCUT2D eigenvalue weighted by atomic mass is 35.5. The largest absolute Gasteiger partial charge is 0.367 e. The Morgan fingerprint density at radius 3 is 2.80 bits per heavy atom. The van der Waals surface area contributed by atoms with Crippen LogP contribution < -0.4 is 10.2 Å². The van der Waals surface area contributed by atoms with Crippen LogP contribution in [0.2, 0.25) is 4.34 Å². The zero-order valence-corrected chi connectivity index (χ0v) is 12.4. The SMILES string of the molecule is CNc1ncnc(N(C)Cc2ccc(Cl)s2)c1[N+](=O)[O-]. The zero-order chi connectivity index (χ0) is 14.7. The van der Waals surface area contributed by atoms with E-state index in [4.69, 9.17) is 11.6 Å². The average Bonchev–Trinajstić information content (AvgIpc) is 2.82. The van der Waals surface area contributed by atoms with Crippen LogP contribution in [0.25, 0.3) is 0 Å². The molecule has 2 heterocycles. The van der Waals surface area contributed by atoms with Crippen molar-refractivity contribution < 1.29 is 4.92 Å². The van der Waals surface area contributed by atoms with E-state index >= 15 is 0 Å². The minimum absolute atomic E-state index is 0.139. The van der Waals surface area contributed by atoms with Crippen molar-refractivity contribution >= 4 is 40.3 Å². The van der Waals surface area contributed by atoms with Crippen molar-refractivity contribution in [1.29, 1.82) is 0 Å². The minimum atomic E-state index is -0.487. The van der Waals surface area contributed by atoms with Crippen LogP contribution in [0, 0.1) is 10.1 Å². The predicted molar refractivity (Wildman–Crippen MR) is 79.7 cm³/mol. The smallest absolute Gasteiger partial charge is 0.353 e. The Balaban J connectivity index is 2.34. The van der Waals surface area contributed by atoms with E-state index in [2.05, 4.69) is 15.3 Å². The standard InChI is InChI=1S/C11H12ClN5O2S/c1-13-10-9(17(18)19)11(15-6-14-10)16(2)5-7-3-4-8(12)20-7/h3-4,6H,5H2,1-2H3,(H,13,14,15). The van der Waals surface area contributed by atoms with Crippen molar-refractivity contribution in [3.05, 3.63) is 37.8 Å². The fraction of sp³-hybridized carbons (Fsp3) is 0.273. The van der Waals surface area contributed by atoms with E-state index in [-0.39, 0.29) is 17.3 Å². The van der Waals surface area contributed by atoms with Gasteiger partial charge >= 0.3 is 5.69 Å². The summed E-state index contributed by atoms with van der Waals surface area (Å²) in [6, 6.07) is 3.68. The van der Waals surface area contributed by atoms with Crippen LogP contribution in [0.4, 0.5) is 17.3 Å². The molecule has 0 saturated carbocycles. The normalized spacial score (nSPS) is 10.3. The van der Waals surface area contributed by atoms with Crippen LogP contribution in [-0.2, 0) is 6.54 Å². The molecule has 0 unspecified atom stereocenters. The van der Waals surface area contributed by atoms with Gasteiger partial charge in [0, 0.05) is 19.0 Å². The first-order chi connectivity index (χ1) is 9.52. The number of halogens is 1. The highest BCUT2D eigenvalue weighted by molar-refractivity contribution is 7.16. The third kappa shape index (κ3) is 2.97. The van der Waals surface area contributed by atoms with Gasteiger partial charge in [0.25, 0.3) is 0 Å². The molecule has 106 valence electrons. The molecule has 20 heavy (non-hydrogen) atoms. The lowest BCUT2D eigenvalue weighted by atomic mass is 10.3. The average molecular weight is 314 g/mol. The summed E-state index contributed by atoms with van der Waals surface area (Å²) in [7, 11) is 3.32. The number of nitrogens with one attached hydrogen (secondary N) is 1. The second-order valence-corrected chi connectivity index (χ2v) is 5.76. The topological polar surface area (TPSA) is 84.2 Å². The van der Waals surface area contributed by atoms with E-state index in [1.54, 1.807) is 25.1 Å². The summed E-state index contributed by atoms with van der Waals surface area (Å²) >= 11 is 7.31. The lowest BCUT2D eigenvalue weighted by Crippen LogP contribution is -2.19. The van der Waals surface area contributed by atoms with Gasteiger partial charge in [0.15, 0.2) is 0 Å². The van der Waals surface area contributed by atoms with Gasteiger partial charge in [-0.2, -0.15) is 0 Å². The highest BCUT2D eigenvalue weighted by Crippen LogP contribution is 2.32. The van der Waals surface area contributed by atoms with Gasteiger partial charge in [0.2, 0.25) is 11.6 Å². The van der Waals surface area contributed by atoms with Crippen LogP contribution in [0.1, 0.15) is 4.88 Å². The molecule has 7 nitrogen and oxygen atoms in total. The van der Waals surface area contributed by atoms with Crippen molar-refractivity contribution in [2.45, 2.75) is 6.54 Å². The molecule has 2 rings (SSSR count). The molecule has 0 atom stereocenters. The molecule has 9 heteroatoms. The van der Waals surface area contributed by atoms with Gasteiger partial charge in [-0.05, 0) is 12.1 Å². The summed E-state index contributed by atoms with van der Waals surface area (Å²) < 4.78 is 0.682. The molecule has 2 aromatic heterocycles. The summed E-state index contributed by atoms with van der Waals surface area (Å²) in [5.41, 5.74) is -0.139. The fourth-order valence-electron chi connectivity index (χ4n) is 1.75. The molecule has 2 aromatic rings. The van der Waals surface area contributed by atoms with E-state index in [0.29, 0.717) is 10.9 Å². The van der Waals surface area contributed by atoms with Crippen molar-refractivity contribution in [3.63, 3.8) is 0 Å². The maximum absolute atomic E-state index is 11.2. The molecular formula is C11H12ClN5O2S. The van der Waals surface area contributed by atoms with Crippen LogP contribution in [0.15, 0.2) is 18.5 Å². The molecule has 0 fully saturated rings. The van der Waals surface area contributed by atoms with E-state index in [0.717, 1.165) is 4.88 Å². The summed E-state index contributed by atoms with van der Waals surface area (Å²) in [6.07, 6.45) is 1.30. The quantitative estimate of drug-likeness (QED) is 0.675. The number of nitrogens with zero attached hydrogens (tertiary/aromatic N) is 4. The van der Waals surface area contributed by atoms with Crippen LogP contribution in [0.5, 0.6) is 0 Å². The maximum atomic E-state index is 11.2. The van der Waals surface area contributed by atoms with Gasteiger partial charge < -0.3 is 10.2 Å². The molecule has 0 aliphatic heterocycles. The summed E-state index contributed by atoms with van der Waals surface area (Å²) in [5.74, 6) is 0.454. The Kier molecular flexibility index (Phi) is 4.35. The summed E-state index contributed by atoms with van der Waals surface area (Å²) in [6.45, 7) is 0.485. The number of hydrogen-bond acceptors (Lipinski definition) is 7. The number of thiophene rings is 1. The number of rotatable bonds is 5. The monoisotopic (exact) mass is 313 g/mol. The highest BCUT2D eigenvalue weighted by Gasteiger charge is 2.25. The molecule has 0 radical (unpaired) electrons. The predicted octanol–water partition coefficient (Wildman–Crippen LogP) is 2.78. The number of anilines is 2. The van der Waals surface area contributed by atoms with Crippen molar-refractivity contribution in [3.8, 4) is 0 Å². The third-order valence-corrected chi connectivity index (χ3v) is 3.82. The zero-order valence-electron chi connectivity index (χ0n) is 10.8. The lowest BCUT2D eigenvalue weighted by molar-refractivity contribution is -0.383. The van der Waals surface area contributed by atoms with E-state index < -0.39 is 4.92 Å². The first-order valence-corrected chi connectivity index (χ1v) is 6.85. The van der Waals surface area contributed by atoms with Crippen molar-refractivity contribution in [2.75, 3.05) is 24.3 Å². The Morgan fingerprint density at radius 1 is 1.50 bits per heavy atom. The molecule has 1 N–H and O–H groups in total. The van der Waals surface area contributed by atoms with Gasteiger partial charge in [-0.3, -0.25) is 10.1 Å². The van der Waals surface area contributed by atoms with Gasteiger partial charge in [-0.25, -0.2) is 9.97 Å². The Hall–Kier alpha value is -1.93. The number of hydrogen-bond donors (Lipinski definition) is 1. The molecule has 0 spiro atoms. The van der Waals surface area contributed by atoms with Crippen LogP contribution in [0.3, 0.4) is 0 Å². The molecule has 0 saturated heterocycles. The van der Waals surface area contributed by atoms with Gasteiger partial charge in [-0.15, -0.1) is 11.3 Å². The number of nitro groups is 1. The first-order valence-electron chi connectivity index (χ1n) is 5.65. The van der Waals surface area contributed by atoms with Gasteiger partial charge in [0.1, 0.15) is 6.33 Å². The Labute approximate surface area is 124 Å². The minimum Gasteiger partial charge on any atom is -0.367 e. The van der Waals surface area contributed by atoms with Crippen LogP contribution in [-0.4, -0.2) is 29.0 Å². The van der Waals surface area contributed by atoms with Crippen molar-refractivity contribution in [1.82, 2.24) is 9.97 Å². The second kappa shape index (κ2) is 6.02. The summed E-state index contributed by atoms with van der Waals surface area (Å²) in [5, 5.41) is 13.9. The maximum Gasteiger partial charge on any atom is 0.353 e. The fourth-order valence-corrected chi connectivity index (χ4v) is 2.89. The lowest BCUT2D eigenvalue weighted by Gasteiger charge is -2.17. The Morgan fingerprint density at radius 2 is 2.25 bits per heavy atom. The molecule has 0 aromatic carbocycles. The molecule has 0 bridgehead atoms. The first kappa shape index (κ1) is 14.5. The number of aromatic nitrogens is 2. The molecule has 0 amide bonds. The van der Waals surface area contributed by atoms with E-state index in [1.807, 2.05) is 6.07 Å². The van der Waals surface area contributed by atoms with Crippen molar-refractivity contribution in [2.24, 2.45) is 0 Å². The van der Waals surface area contributed by atoms with Gasteiger partial charge in [0.05, 0.1) is 15.8 Å². The molecule has 0 aliphatic rings. The second-order valence-electron chi connectivity index (χ2n) is 3.96. The van der Waals surface area contributed by atoms with E-state index in [1.165, 1.54) is 17.7 Å². The van der Waals surface area contributed by atoms with Crippen LogP contribution >= 0.6 is 22.9 Å².